The molecule has 6 atom stereocenters. The van der Waals surface area contributed by atoms with Gasteiger partial charge in [0, 0.05) is 63.4 Å². The predicted octanol–water partition coefficient (Wildman–Crippen LogP) is 7.29. The van der Waals surface area contributed by atoms with Crippen LogP contribution in [0.15, 0.2) is 10.5 Å². The van der Waals surface area contributed by atoms with E-state index in [1.54, 1.807) is 18.7 Å². The molecule has 3 amide bonds. The Hall–Kier alpha value is -2.69. The number of amides is 3. The summed E-state index contributed by atoms with van der Waals surface area (Å²) in [6.07, 6.45) is 16.7. The van der Waals surface area contributed by atoms with Crippen LogP contribution in [0, 0.1) is 34.5 Å². The summed E-state index contributed by atoms with van der Waals surface area (Å²) in [5.74, 6) is 2.52. The number of aliphatic carboxylic acids is 1. The first kappa shape index (κ1) is 43.0. The molecule has 0 aromatic rings. The van der Waals surface area contributed by atoms with Gasteiger partial charge in [-0.05, 0) is 125 Å². The molecule has 298 valence electrons. The Labute approximate surface area is 322 Å². The molecule has 0 spiro atoms. The van der Waals surface area contributed by atoms with E-state index in [4.69, 9.17) is 5.11 Å². The van der Waals surface area contributed by atoms with Gasteiger partial charge in [-0.1, -0.05) is 33.1 Å². The second kappa shape index (κ2) is 20.8. The minimum Gasteiger partial charge on any atom is -0.481 e. The molecule has 10 nitrogen and oxygen atoms in total. The first-order valence-electron chi connectivity index (χ1n) is 20.8. The fraction of sp³-hybridized carbons (Fsp3) is 0.810. The molecule has 0 aromatic heterocycles. The van der Waals surface area contributed by atoms with E-state index in [-0.39, 0.29) is 46.7 Å². The van der Waals surface area contributed by atoms with E-state index in [9.17, 15) is 28.8 Å². The first-order chi connectivity index (χ1) is 25.4. The van der Waals surface area contributed by atoms with Crippen molar-refractivity contribution < 1.29 is 33.9 Å². The number of ketones is 2. The van der Waals surface area contributed by atoms with Crippen LogP contribution in [0.5, 0.6) is 0 Å². The van der Waals surface area contributed by atoms with Crippen LogP contribution in [-0.4, -0.2) is 65.8 Å². The van der Waals surface area contributed by atoms with Gasteiger partial charge in [0.25, 0.3) is 0 Å². The highest BCUT2D eigenvalue weighted by Gasteiger charge is 2.60. The Kier molecular flexibility index (Phi) is 16.9. The van der Waals surface area contributed by atoms with Gasteiger partial charge in [0.2, 0.25) is 17.7 Å². The van der Waals surface area contributed by atoms with Crippen molar-refractivity contribution in [1.29, 1.82) is 0 Å². The maximum atomic E-state index is 13.2. The lowest BCUT2D eigenvalue weighted by atomic mass is 9.46. The number of rotatable bonds is 23. The van der Waals surface area contributed by atoms with Gasteiger partial charge in [-0.15, -0.1) is 11.8 Å². The second-order valence-corrected chi connectivity index (χ2v) is 17.9. The van der Waals surface area contributed by atoms with Gasteiger partial charge in [-0.25, -0.2) is 0 Å². The third kappa shape index (κ3) is 11.9. The molecule has 0 aliphatic heterocycles. The average molecular weight is 758 g/mol. The van der Waals surface area contributed by atoms with Crippen molar-refractivity contribution in [3.8, 4) is 0 Å². The van der Waals surface area contributed by atoms with Crippen molar-refractivity contribution in [2.45, 2.75) is 156 Å². The number of nitrogens with one attached hydrogen (secondary N) is 3. The number of carboxylic acid groups (broad SMARTS) is 1. The molecule has 0 heterocycles. The number of fused-ring (bicyclic) bond motifs is 5. The fourth-order valence-corrected chi connectivity index (χ4v) is 11.7. The van der Waals surface area contributed by atoms with E-state index in [0.717, 1.165) is 101 Å². The highest BCUT2D eigenvalue weighted by molar-refractivity contribution is 8.04. The molecular formula is C42H67N3O7S. The van der Waals surface area contributed by atoms with Gasteiger partial charge in [-0.3, -0.25) is 28.8 Å². The van der Waals surface area contributed by atoms with Gasteiger partial charge in [-0.2, -0.15) is 0 Å². The van der Waals surface area contributed by atoms with Gasteiger partial charge < -0.3 is 21.1 Å². The van der Waals surface area contributed by atoms with E-state index in [1.165, 1.54) is 5.57 Å². The number of unbranched alkanes of at least 4 members (excludes halogenated alkanes) is 6. The zero-order valence-electron chi connectivity index (χ0n) is 32.8. The van der Waals surface area contributed by atoms with Crippen molar-refractivity contribution in [3.05, 3.63) is 10.5 Å². The van der Waals surface area contributed by atoms with E-state index in [1.807, 2.05) is 0 Å². The summed E-state index contributed by atoms with van der Waals surface area (Å²) in [6, 6.07) is 0. The summed E-state index contributed by atoms with van der Waals surface area (Å²) in [6.45, 7) is 8.35. The molecule has 6 unspecified atom stereocenters. The van der Waals surface area contributed by atoms with E-state index in [2.05, 4.69) is 29.8 Å². The van der Waals surface area contributed by atoms with E-state index < -0.39 is 5.97 Å². The molecule has 11 heteroatoms. The van der Waals surface area contributed by atoms with Crippen molar-refractivity contribution in [2.24, 2.45) is 34.5 Å². The molecule has 0 saturated heterocycles. The van der Waals surface area contributed by atoms with Crippen molar-refractivity contribution in [2.75, 3.05) is 25.4 Å². The molecule has 3 saturated carbocycles. The van der Waals surface area contributed by atoms with Crippen LogP contribution in [0.4, 0.5) is 0 Å². The minimum atomic E-state index is -0.786. The lowest BCUT2D eigenvalue weighted by molar-refractivity contribution is -0.137. The Morgan fingerprint density at radius 1 is 0.679 bits per heavy atom. The average Bonchev–Trinajstić information content (AvgIpc) is 3.48. The predicted molar refractivity (Wildman–Crippen MR) is 209 cm³/mol. The number of carbonyl (C=O) groups excluding carboxylic acids is 5. The number of allylic oxidation sites excluding steroid dienone is 1. The molecule has 4 rings (SSSR count). The minimum absolute atomic E-state index is 0.00820. The summed E-state index contributed by atoms with van der Waals surface area (Å²) in [5, 5.41) is 17.5. The Morgan fingerprint density at radius 2 is 1.25 bits per heavy atom. The third-order valence-corrected chi connectivity index (χ3v) is 14.5. The highest BCUT2D eigenvalue weighted by Crippen LogP contribution is 2.67. The monoisotopic (exact) mass is 757 g/mol. The van der Waals surface area contributed by atoms with Crippen LogP contribution in [0.3, 0.4) is 0 Å². The fourth-order valence-electron chi connectivity index (χ4n) is 10.4. The van der Waals surface area contributed by atoms with Crippen LogP contribution in [0.2, 0.25) is 0 Å². The third-order valence-electron chi connectivity index (χ3n) is 13.3. The number of carboxylic acids is 1. The standard InChI is InChI=1S/C42H67N3O7S/c1-29(46)31-18-19-32-30-16-17-34-40(35(47)21-24-42(34,3)33(30)20-23-41(31,32)2)53-28-22-38(50)45-27-11-5-8-14-36(48)43-25-10-4-7-13-37(49)44-26-12-6-9-15-39(51)52/h30-33H,4-28H2,1-3H3,(H,43,48)(H,44,49)(H,45,50)(H,51,52). The summed E-state index contributed by atoms with van der Waals surface area (Å²) in [7, 11) is 0. The van der Waals surface area contributed by atoms with Gasteiger partial charge in [0.05, 0.1) is 4.91 Å². The maximum Gasteiger partial charge on any atom is 0.303 e. The van der Waals surface area contributed by atoms with Gasteiger partial charge >= 0.3 is 5.97 Å². The Morgan fingerprint density at radius 3 is 1.81 bits per heavy atom. The highest BCUT2D eigenvalue weighted by atomic mass is 32.2. The Bertz CT molecular complexity index is 1350. The van der Waals surface area contributed by atoms with Crippen LogP contribution in [0.1, 0.15) is 156 Å². The number of carbonyl (C=O) groups is 6. The smallest absolute Gasteiger partial charge is 0.303 e. The van der Waals surface area contributed by atoms with Gasteiger partial charge in [0.1, 0.15) is 5.78 Å². The Balaban J connectivity index is 1.03. The molecule has 0 aromatic carbocycles. The second-order valence-electron chi connectivity index (χ2n) is 16.8. The van der Waals surface area contributed by atoms with Crippen molar-refractivity contribution in [1.82, 2.24) is 16.0 Å². The van der Waals surface area contributed by atoms with Gasteiger partial charge in [0.15, 0.2) is 5.78 Å². The number of hydrogen-bond acceptors (Lipinski definition) is 7. The molecule has 0 radical (unpaired) electrons. The van der Waals surface area contributed by atoms with Crippen LogP contribution in [0.25, 0.3) is 0 Å². The molecule has 3 fully saturated rings. The molecule has 53 heavy (non-hydrogen) atoms. The molecule has 4 N–H and O–H groups in total. The first-order valence-corrected chi connectivity index (χ1v) is 21.8. The van der Waals surface area contributed by atoms with E-state index >= 15 is 0 Å². The molecule has 0 bridgehead atoms. The maximum absolute atomic E-state index is 13.2. The van der Waals surface area contributed by atoms with Crippen molar-refractivity contribution in [3.63, 3.8) is 0 Å². The zero-order valence-corrected chi connectivity index (χ0v) is 33.6. The quantitative estimate of drug-likeness (QED) is 0.0792. The SMILES string of the molecule is CC(=O)C1CCC2C3CCC4=C(SCCC(=O)NCCCCCC(=O)NCCCCCC(=O)NCCCCCC(=O)O)C(=O)CCC4(C)C3CCC12C. The summed E-state index contributed by atoms with van der Waals surface area (Å²) in [5.41, 5.74) is 1.53. The van der Waals surface area contributed by atoms with Crippen molar-refractivity contribution >= 4 is 47.0 Å². The summed E-state index contributed by atoms with van der Waals surface area (Å²) >= 11 is 1.60. The van der Waals surface area contributed by atoms with Crippen LogP contribution >= 0.6 is 11.8 Å². The number of thioether (sulfide) groups is 1. The number of hydrogen-bond donors (Lipinski definition) is 4. The molecule has 4 aliphatic rings. The summed E-state index contributed by atoms with van der Waals surface area (Å²) in [4.78, 5) is 73.9. The van der Waals surface area contributed by atoms with Crippen LogP contribution < -0.4 is 16.0 Å². The van der Waals surface area contributed by atoms with Crippen LogP contribution in [-0.2, 0) is 28.8 Å². The normalized spacial score (nSPS) is 27.7. The molecular weight excluding hydrogens is 691 g/mol. The lowest BCUT2D eigenvalue weighted by Gasteiger charge is -2.58. The van der Waals surface area contributed by atoms with E-state index in [0.29, 0.717) is 81.0 Å². The molecule has 4 aliphatic carbocycles. The topological polar surface area (TPSA) is 159 Å². The lowest BCUT2D eigenvalue weighted by Crippen LogP contribution is -2.51. The number of Topliss-reactive ketones (excluding diaryl/α,β-unsaturated/α-hetero) is 2. The summed E-state index contributed by atoms with van der Waals surface area (Å²) < 4.78 is 0. The largest absolute Gasteiger partial charge is 0.481 e. The zero-order chi connectivity index (χ0) is 38.4.